The molecule has 0 saturated carbocycles. The van der Waals surface area contributed by atoms with E-state index in [4.69, 9.17) is 14.2 Å². The lowest BCUT2D eigenvalue weighted by atomic mass is 10.2. The van der Waals surface area contributed by atoms with Crippen molar-refractivity contribution in [1.82, 2.24) is 5.32 Å². The molecule has 0 saturated heterocycles. The lowest BCUT2D eigenvalue weighted by molar-refractivity contribution is -0.123. The number of methoxy groups -OCH3 is 1. The predicted octanol–water partition coefficient (Wildman–Crippen LogP) is 3.18. The lowest BCUT2D eigenvalue weighted by Crippen LogP contribution is -2.28. The van der Waals surface area contributed by atoms with Crippen LogP contribution in [0.5, 0.6) is 17.2 Å². The van der Waals surface area contributed by atoms with E-state index in [9.17, 15) is 4.79 Å². The smallest absolute Gasteiger partial charge is 0.258 e. The highest BCUT2D eigenvalue weighted by Gasteiger charge is 2.07. The van der Waals surface area contributed by atoms with Crippen LogP contribution in [0.15, 0.2) is 48.5 Å². The van der Waals surface area contributed by atoms with Crippen molar-refractivity contribution in [1.29, 1.82) is 0 Å². The van der Waals surface area contributed by atoms with E-state index in [1.54, 1.807) is 19.2 Å². The Balaban J connectivity index is 1.83. The maximum absolute atomic E-state index is 11.9. The number of hydrogen-bond donors (Lipinski definition) is 1. The summed E-state index contributed by atoms with van der Waals surface area (Å²) >= 11 is 0. The molecule has 0 bridgehead atoms. The molecule has 24 heavy (non-hydrogen) atoms. The zero-order valence-corrected chi connectivity index (χ0v) is 14.2. The van der Waals surface area contributed by atoms with Gasteiger partial charge in [0.1, 0.15) is 5.75 Å². The van der Waals surface area contributed by atoms with E-state index >= 15 is 0 Å². The second-order valence-corrected chi connectivity index (χ2v) is 5.53. The summed E-state index contributed by atoms with van der Waals surface area (Å²) in [4.78, 5) is 11.9. The maximum atomic E-state index is 11.9. The van der Waals surface area contributed by atoms with Gasteiger partial charge in [-0.15, -0.1) is 0 Å². The van der Waals surface area contributed by atoms with Crippen LogP contribution in [0.3, 0.4) is 0 Å². The Morgan fingerprint density at radius 2 is 1.83 bits per heavy atom. The Morgan fingerprint density at radius 3 is 2.54 bits per heavy atom. The van der Waals surface area contributed by atoms with E-state index in [1.165, 1.54) is 0 Å². The van der Waals surface area contributed by atoms with Gasteiger partial charge in [0.2, 0.25) is 0 Å². The Hall–Kier alpha value is -2.69. The molecule has 0 heterocycles. The fraction of sp³-hybridized carbons (Fsp3) is 0.316. The molecule has 1 amide bonds. The predicted molar refractivity (Wildman–Crippen MR) is 92.5 cm³/mol. The van der Waals surface area contributed by atoms with E-state index in [-0.39, 0.29) is 18.6 Å². The second-order valence-electron chi connectivity index (χ2n) is 5.53. The third kappa shape index (κ3) is 5.50. The number of carbonyl (C=O) groups excluding carboxylic acids is 1. The van der Waals surface area contributed by atoms with Crippen LogP contribution < -0.4 is 19.5 Å². The molecule has 0 radical (unpaired) electrons. The topological polar surface area (TPSA) is 56.8 Å². The normalized spacial score (nSPS) is 10.3. The molecule has 0 aromatic heterocycles. The highest BCUT2D eigenvalue weighted by atomic mass is 16.5. The first kappa shape index (κ1) is 17.7. The average molecular weight is 329 g/mol. The van der Waals surface area contributed by atoms with E-state index in [1.807, 2.05) is 50.2 Å². The monoisotopic (exact) mass is 329 g/mol. The van der Waals surface area contributed by atoms with Gasteiger partial charge >= 0.3 is 0 Å². The number of hydrogen-bond acceptors (Lipinski definition) is 4. The lowest BCUT2D eigenvalue weighted by Gasteiger charge is -2.12. The van der Waals surface area contributed by atoms with Crippen molar-refractivity contribution in [3.05, 3.63) is 54.1 Å². The summed E-state index contributed by atoms with van der Waals surface area (Å²) in [5.41, 5.74) is 0.971. The Bertz CT molecular complexity index is 670. The van der Waals surface area contributed by atoms with Crippen LogP contribution >= 0.6 is 0 Å². The molecule has 0 aliphatic heterocycles. The quantitative estimate of drug-likeness (QED) is 0.808. The third-order valence-electron chi connectivity index (χ3n) is 3.19. The van der Waals surface area contributed by atoms with Gasteiger partial charge < -0.3 is 19.5 Å². The van der Waals surface area contributed by atoms with E-state index in [0.29, 0.717) is 18.0 Å². The Labute approximate surface area is 142 Å². The van der Waals surface area contributed by atoms with Crippen LogP contribution in [0.1, 0.15) is 19.4 Å². The van der Waals surface area contributed by atoms with Crippen molar-refractivity contribution < 1.29 is 19.0 Å². The van der Waals surface area contributed by atoms with Gasteiger partial charge in [0.25, 0.3) is 5.91 Å². The second kappa shape index (κ2) is 8.82. The molecular formula is C19H23NO4. The van der Waals surface area contributed by atoms with Crippen molar-refractivity contribution >= 4 is 5.91 Å². The fourth-order valence-corrected chi connectivity index (χ4v) is 2.13. The Kier molecular flexibility index (Phi) is 6.49. The molecular weight excluding hydrogens is 306 g/mol. The average Bonchev–Trinajstić information content (AvgIpc) is 2.58. The minimum atomic E-state index is -0.198. The van der Waals surface area contributed by atoms with Crippen LogP contribution in [0.2, 0.25) is 0 Å². The zero-order chi connectivity index (χ0) is 17.4. The van der Waals surface area contributed by atoms with Gasteiger partial charge in [0.05, 0.1) is 13.2 Å². The van der Waals surface area contributed by atoms with E-state index in [2.05, 4.69) is 5.32 Å². The first-order valence-corrected chi connectivity index (χ1v) is 7.86. The van der Waals surface area contributed by atoms with Gasteiger partial charge in [0.15, 0.2) is 18.1 Å². The van der Waals surface area contributed by atoms with Crippen LogP contribution in [0, 0.1) is 0 Å². The first-order chi connectivity index (χ1) is 11.6. The van der Waals surface area contributed by atoms with Gasteiger partial charge in [-0.2, -0.15) is 0 Å². The van der Waals surface area contributed by atoms with Crippen molar-refractivity contribution in [2.24, 2.45) is 0 Å². The molecule has 0 spiro atoms. The summed E-state index contributed by atoms with van der Waals surface area (Å²) in [5.74, 6) is 1.74. The summed E-state index contributed by atoms with van der Waals surface area (Å²) in [6.07, 6.45) is 0.115. The standard InChI is InChI=1S/C19H23NO4/c1-14(2)24-16-8-6-7-15(11-16)12-20-19(21)13-23-18-10-5-4-9-17(18)22-3/h4-11,14H,12-13H2,1-3H3,(H,20,21). The SMILES string of the molecule is COc1ccccc1OCC(=O)NCc1cccc(OC(C)C)c1. The zero-order valence-electron chi connectivity index (χ0n) is 14.2. The molecule has 2 aromatic carbocycles. The van der Waals surface area contributed by atoms with E-state index < -0.39 is 0 Å². The highest BCUT2D eigenvalue weighted by Crippen LogP contribution is 2.25. The minimum Gasteiger partial charge on any atom is -0.493 e. The van der Waals surface area contributed by atoms with Gasteiger partial charge in [-0.05, 0) is 43.7 Å². The first-order valence-electron chi connectivity index (χ1n) is 7.86. The summed E-state index contributed by atoms with van der Waals surface area (Å²) in [5, 5.41) is 2.83. The van der Waals surface area contributed by atoms with Crippen molar-refractivity contribution in [2.45, 2.75) is 26.5 Å². The Morgan fingerprint density at radius 1 is 1.08 bits per heavy atom. The molecule has 1 N–H and O–H groups in total. The maximum Gasteiger partial charge on any atom is 0.258 e. The number of ether oxygens (including phenoxy) is 3. The summed E-state index contributed by atoms with van der Waals surface area (Å²) in [6, 6.07) is 14.9. The third-order valence-corrected chi connectivity index (χ3v) is 3.19. The largest absolute Gasteiger partial charge is 0.493 e. The molecule has 0 aliphatic carbocycles. The molecule has 0 unspecified atom stereocenters. The number of para-hydroxylation sites is 2. The number of rotatable bonds is 8. The van der Waals surface area contributed by atoms with Crippen LogP contribution in [-0.2, 0) is 11.3 Å². The van der Waals surface area contributed by atoms with Crippen LogP contribution in [0.4, 0.5) is 0 Å². The molecule has 0 aliphatic rings. The van der Waals surface area contributed by atoms with Crippen LogP contribution in [-0.4, -0.2) is 25.7 Å². The van der Waals surface area contributed by atoms with Crippen molar-refractivity contribution in [2.75, 3.05) is 13.7 Å². The molecule has 2 aromatic rings. The number of benzene rings is 2. The summed E-state index contributed by atoms with van der Waals surface area (Å²) < 4.78 is 16.3. The molecule has 5 nitrogen and oxygen atoms in total. The molecule has 0 fully saturated rings. The number of carbonyl (C=O) groups is 1. The summed E-state index contributed by atoms with van der Waals surface area (Å²) in [6.45, 7) is 4.30. The van der Waals surface area contributed by atoms with Gasteiger partial charge in [-0.25, -0.2) is 0 Å². The fourth-order valence-electron chi connectivity index (χ4n) is 2.13. The van der Waals surface area contributed by atoms with Crippen molar-refractivity contribution in [3.8, 4) is 17.2 Å². The highest BCUT2D eigenvalue weighted by molar-refractivity contribution is 5.77. The van der Waals surface area contributed by atoms with Gasteiger partial charge in [-0.1, -0.05) is 24.3 Å². The van der Waals surface area contributed by atoms with Crippen LogP contribution in [0.25, 0.3) is 0 Å². The molecule has 5 heteroatoms. The van der Waals surface area contributed by atoms with Gasteiger partial charge in [0, 0.05) is 6.54 Å². The summed E-state index contributed by atoms with van der Waals surface area (Å²) in [7, 11) is 1.56. The van der Waals surface area contributed by atoms with Crippen molar-refractivity contribution in [3.63, 3.8) is 0 Å². The van der Waals surface area contributed by atoms with E-state index in [0.717, 1.165) is 11.3 Å². The number of amides is 1. The molecule has 128 valence electrons. The van der Waals surface area contributed by atoms with Gasteiger partial charge in [-0.3, -0.25) is 4.79 Å². The minimum absolute atomic E-state index is 0.0669. The molecule has 2 rings (SSSR count). The number of nitrogens with one attached hydrogen (secondary N) is 1. The molecule has 0 atom stereocenters.